The maximum atomic E-state index is 12.3. The minimum Gasteiger partial charge on any atom is -0.453 e. The number of nitrogens with zero attached hydrogens (tertiary/aromatic N) is 2. The molecule has 0 radical (unpaired) electrons. The Kier molecular flexibility index (Phi) is 6.18. The molecule has 6 nitrogen and oxygen atoms in total. The molecule has 22 heavy (non-hydrogen) atoms. The summed E-state index contributed by atoms with van der Waals surface area (Å²) in [5, 5.41) is 6.00. The predicted molar refractivity (Wildman–Crippen MR) is 85.0 cm³/mol. The number of ether oxygens (including phenoxy) is 1. The van der Waals surface area contributed by atoms with Crippen molar-refractivity contribution >= 4 is 23.3 Å². The molecule has 1 aliphatic rings. The van der Waals surface area contributed by atoms with Crippen LogP contribution >= 0.6 is 11.3 Å². The zero-order valence-electron chi connectivity index (χ0n) is 13.1. The molecule has 1 aromatic heterocycles. The van der Waals surface area contributed by atoms with Crippen LogP contribution in [0.3, 0.4) is 0 Å². The van der Waals surface area contributed by atoms with Crippen molar-refractivity contribution in [3.63, 3.8) is 0 Å². The minimum atomic E-state index is -0.424. The molecule has 1 N–H and O–H groups in total. The maximum absolute atomic E-state index is 12.3. The fraction of sp³-hybridized carbons (Fsp3) is 0.667. The van der Waals surface area contributed by atoms with Gasteiger partial charge >= 0.3 is 6.09 Å². The maximum Gasteiger partial charge on any atom is 0.410 e. The number of carbonyl (C=O) groups excluding carboxylic acids is 2. The molecule has 0 saturated carbocycles. The summed E-state index contributed by atoms with van der Waals surface area (Å²) in [6.07, 6.45) is 3.79. The van der Waals surface area contributed by atoms with Gasteiger partial charge < -0.3 is 10.1 Å². The van der Waals surface area contributed by atoms with Crippen molar-refractivity contribution in [2.24, 2.45) is 0 Å². The number of aryl methyl sites for hydroxylation is 1. The fourth-order valence-electron chi connectivity index (χ4n) is 2.58. The second-order valence-corrected chi connectivity index (χ2v) is 6.24. The first-order chi connectivity index (χ1) is 10.7. The lowest BCUT2D eigenvalue weighted by Gasteiger charge is -2.33. The van der Waals surface area contributed by atoms with E-state index in [1.54, 1.807) is 11.3 Å². The van der Waals surface area contributed by atoms with Gasteiger partial charge in [-0.2, -0.15) is 0 Å². The summed E-state index contributed by atoms with van der Waals surface area (Å²) in [7, 11) is 1.35. The Labute approximate surface area is 134 Å². The van der Waals surface area contributed by atoms with Crippen molar-refractivity contribution in [3.8, 4) is 0 Å². The molecule has 0 unspecified atom stereocenters. The lowest BCUT2D eigenvalue weighted by Crippen LogP contribution is -2.52. The van der Waals surface area contributed by atoms with Crippen LogP contribution in [0.5, 0.6) is 0 Å². The lowest BCUT2D eigenvalue weighted by atomic mass is 10.0. The van der Waals surface area contributed by atoms with Gasteiger partial charge in [0.15, 0.2) is 0 Å². The van der Waals surface area contributed by atoms with Crippen LogP contribution in [-0.4, -0.2) is 48.1 Å². The van der Waals surface area contributed by atoms with Crippen molar-refractivity contribution in [1.82, 2.24) is 15.2 Å². The van der Waals surface area contributed by atoms with Crippen LogP contribution in [-0.2, 0) is 22.4 Å². The Balaban J connectivity index is 1.83. The predicted octanol–water partition coefficient (Wildman–Crippen LogP) is 1.99. The van der Waals surface area contributed by atoms with Gasteiger partial charge in [-0.05, 0) is 25.7 Å². The van der Waals surface area contributed by atoms with Crippen molar-refractivity contribution in [1.29, 1.82) is 0 Å². The van der Waals surface area contributed by atoms with Gasteiger partial charge in [0, 0.05) is 24.9 Å². The number of methoxy groups -OCH3 is 1. The molecule has 1 fully saturated rings. The molecule has 2 heterocycles. The van der Waals surface area contributed by atoms with E-state index in [9.17, 15) is 9.59 Å². The first-order valence-corrected chi connectivity index (χ1v) is 8.59. The van der Waals surface area contributed by atoms with E-state index in [0.29, 0.717) is 19.5 Å². The normalized spacial score (nSPS) is 18.1. The number of hydrogen-bond acceptors (Lipinski definition) is 5. The summed E-state index contributed by atoms with van der Waals surface area (Å²) in [6, 6.07) is -0.413. The topological polar surface area (TPSA) is 71.5 Å². The third-order valence-corrected chi connectivity index (χ3v) is 4.77. The molecule has 7 heteroatoms. The molecule has 2 rings (SSSR count). The Morgan fingerprint density at radius 2 is 2.32 bits per heavy atom. The molecule has 2 amide bonds. The first kappa shape index (κ1) is 16.7. The second kappa shape index (κ2) is 8.12. The summed E-state index contributed by atoms with van der Waals surface area (Å²) < 4.78 is 4.76. The van der Waals surface area contributed by atoms with Crippen LogP contribution in [0.1, 0.15) is 36.9 Å². The van der Waals surface area contributed by atoms with Crippen LogP contribution in [0.2, 0.25) is 0 Å². The number of rotatable bonds is 5. The number of likely N-dealkylation sites (tertiary alicyclic amines) is 1. The Morgan fingerprint density at radius 3 is 3.00 bits per heavy atom. The van der Waals surface area contributed by atoms with Gasteiger partial charge in [-0.15, -0.1) is 11.3 Å². The van der Waals surface area contributed by atoms with Crippen molar-refractivity contribution in [2.75, 3.05) is 20.2 Å². The monoisotopic (exact) mass is 325 g/mol. The highest BCUT2D eigenvalue weighted by Crippen LogP contribution is 2.18. The van der Waals surface area contributed by atoms with Gasteiger partial charge in [0.1, 0.15) is 6.04 Å². The largest absolute Gasteiger partial charge is 0.453 e. The number of amides is 2. The Bertz CT molecular complexity index is 518. The SMILES string of the molecule is CCc1csc(CCNC(=O)[C@H]2CCCCN2C(=O)OC)n1. The van der Waals surface area contributed by atoms with E-state index in [0.717, 1.165) is 36.4 Å². The zero-order valence-corrected chi connectivity index (χ0v) is 13.9. The summed E-state index contributed by atoms with van der Waals surface area (Å²) in [5.74, 6) is -0.0997. The third kappa shape index (κ3) is 4.19. The molecule has 1 aliphatic heterocycles. The average molecular weight is 325 g/mol. The van der Waals surface area contributed by atoms with Gasteiger partial charge in [0.25, 0.3) is 0 Å². The van der Waals surface area contributed by atoms with E-state index < -0.39 is 12.1 Å². The molecule has 0 bridgehead atoms. The van der Waals surface area contributed by atoms with E-state index in [2.05, 4.69) is 22.6 Å². The van der Waals surface area contributed by atoms with Gasteiger partial charge in [-0.3, -0.25) is 9.69 Å². The second-order valence-electron chi connectivity index (χ2n) is 5.30. The highest BCUT2D eigenvalue weighted by Gasteiger charge is 2.32. The molecular formula is C15H23N3O3S. The molecule has 1 atom stereocenters. The minimum absolute atomic E-state index is 0.0997. The number of hydrogen-bond donors (Lipinski definition) is 1. The average Bonchev–Trinajstić information content (AvgIpc) is 3.02. The van der Waals surface area contributed by atoms with Gasteiger partial charge in [-0.1, -0.05) is 6.92 Å². The van der Waals surface area contributed by atoms with Crippen LogP contribution in [0, 0.1) is 0 Å². The van der Waals surface area contributed by atoms with E-state index in [1.165, 1.54) is 12.0 Å². The quantitative estimate of drug-likeness (QED) is 0.898. The number of aromatic nitrogens is 1. The van der Waals surface area contributed by atoms with E-state index in [1.807, 2.05) is 0 Å². The first-order valence-electron chi connectivity index (χ1n) is 7.71. The number of nitrogens with one attached hydrogen (secondary N) is 1. The highest BCUT2D eigenvalue weighted by atomic mass is 32.1. The van der Waals surface area contributed by atoms with E-state index >= 15 is 0 Å². The van der Waals surface area contributed by atoms with Gasteiger partial charge in [0.2, 0.25) is 5.91 Å². The summed E-state index contributed by atoms with van der Waals surface area (Å²) in [6.45, 7) is 3.20. The van der Waals surface area contributed by atoms with Crippen molar-refractivity contribution in [2.45, 2.75) is 45.1 Å². The van der Waals surface area contributed by atoms with Gasteiger partial charge in [-0.25, -0.2) is 9.78 Å². The van der Waals surface area contributed by atoms with Crippen LogP contribution in [0.4, 0.5) is 4.79 Å². The van der Waals surface area contributed by atoms with Crippen LogP contribution in [0.15, 0.2) is 5.38 Å². The van der Waals surface area contributed by atoms with Crippen molar-refractivity contribution in [3.05, 3.63) is 16.1 Å². The molecule has 0 aliphatic carbocycles. The Morgan fingerprint density at radius 1 is 1.50 bits per heavy atom. The number of carbonyl (C=O) groups is 2. The molecule has 1 aromatic rings. The molecule has 0 aromatic carbocycles. The number of thiazole rings is 1. The van der Waals surface area contributed by atoms with Crippen LogP contribution < -0.4 is 5.32 Å². The fourth-order valence-corrected chi connectivity index (χ4v) is 3.46. The zero-order chi connectivity index (χ0) is 15.9. The van der Waals surface area contributed by atoms with Crippen molar-refractivity contribution < 1.29 is 14.3 Å². The smallest absolute Gasteiger partial charge is 0.410 e. The number of piperidine rings is 1. The third-order valence-electron chi connectivity index (χ3n) is 3.81. The summed E-state index contributed by atoms with van der Waals surface area (Å²) in [4.78, 5) is 30.0. The lowest BCUT2D eigenvalue weighted by molar-refractivity contribution is -0.126. The van der Waals surface area contributed by atoms with E-state index in [-0.39, 0.29) is 5.91 Å². The highest BCUT2D eigenvalue weighted by molar-refractivity contribution is 7.09. The summed E-state index contributed by atoms with van der Waals surface area (Å²) >= 11 is 1.62. The van der Waals surface area contributed by atoms with E-state index in [4.69, 9.17) is 4.74 Å². The summed E-state index contributed by atoms with van der Waals surface area (Å²) in [5.41, 5.74) is 1.09. The molecule has 0 spiro atoms. The van der Waals surface area contributed by atoms with Crippen LogP contribution in [0.25, 0.3) is 0 Å². The standard InChI is InChI=1S/C15H23N3O3S/c1-3-11-10-22-13(17-11)7-8-16-14(19)12-6-4-5-9-18(12)15(20)21-2/h10,12H,3-9H2,1-2H3,(H,16,19)/t12-/m1/s1. The molecule has 122 valence electrons. The molecular weight excluding hydrogens is 302 g/mol. The molecule has 1 saturated heterocycles. The van der Waals surface area contributed by atoms with Gasteiger partial charge in [0.05, 0.1) is 17.8 Å². The Hall–Kier alpha value is -1.63.